The lowest BCUT2D eigenvalue weighted by Gasteiger charge is -2.38. The number of aliphatic hydroxyl groups excluding tert-OH is 1. The first-order valence-corrected chi connectivity index (χ1v) is 8.17. The second-order valence-corrected chi connectivity index (χ2v) is 6.32. The molecular formula is C16H17BrFN5O. The molecule has 0 bridgehead atoms. The van der Waals surface area contributed by atoms with Crippen LogP contribution in [-0.2, 0) is 0 Å². The Morgan fingerprint density at radius 3 is 2.75 bits per heavy atom. The molecule has 8 heteroatoms. The Labute approximate surface area is 147 Å². The minimum Gasteiger partial charge on any atom is -0.510 e. The van der Waals surface area contributed by atoms with E-state index in [1.165, 1.54) is 10.9 Å². The molecule has 126 valence electrons. The van der Waals surface area contributed by atoms with Crippen LogP contribution in [0.3, 0.4) is 0 Å². The Morgan fingerprint density at radius 1 is 1.33 bits per heavy atom. The van der Waals surface area contributed by atoms with Gasteiger partial charge in [-0.25, -0.2) is 19.1 Å². The van der Waals surface area contributed by atoms with Gasteiger partial charge in [-0.05, 0) is 46.6 Å². The molecule has 0 amide bonds. The van der Waals surface area contributed by atoms with Gasteiger partial charge in [-0.3, -0.25) is 5.01 Å². The molecule has 1 aliphatic rings. The molecule has 0 saturated heterocycles. The van der Waals surface area contributed by atoms with Gasteiger partial charge in [0.05, 0.1) is 29.6 Å². The highest BCUT2D eigenvalue weighted by Crippen LogP contribution is 2.27. The standard InChI is InChI=1S/C16H17BrFN5O/c1-11(21(2)23-10-14(24)4-5-15(23)17)12-3-6-16(19-7-12)22-9-13(18)8-20-22/h3-9,11,24H,10H2,1-2H3. The molecule has 1 unspecified atom stereocenters. The molecule has 0 radical (unpaired) electrons. The summed E-state index contributed by atoms with van der Waals surface area (Å²) in [4.78, 5) is 4.35. The van der Waals surface area contributed by atoms with Crippen molar-refractivity contribution in [2.75, 3.05) is 13.6 Å². The largest absolute Gasteiger partial charge is 0.510 e. The lowest BCUT2D eigenvalue weighted by Crippen LogP contribution is -2.41. The third-order valence-corrected chi connectivity index (χ3v) is 4.63. The Kier molecular flexibility index (Phi) is 4.68. The maximum absolute atomic E-state index is 13.0. The first-order valence-electron chi connectivity index (χ1n) is 7.38. The van der Waals surface area contributed by atoms with E-state index in [0.29, 0.717) is 18.1 Å². The van der Waals surface area contributed by atoms with E-state index in [0.717, 1.165) is 16.4 Å². The van der Waals surface area contributed by atoms with E-state index in [2.05, 4.69) is 26.0 Å². The van der Waals surface area contributed by atoms with Crippen LogP contribution in [-0.4, -0.2) is 43.5 Å². The maximum Gasteiger partial charge on any atom is 0.161 e. The van der Waals surface area contributed by atoms with E-state index in [9.17, 15) is 9.50 Å². The molecule has 2 aromatic rings. The molecule has 3 heterocycles. The van der Waals surface area contributed by atoms with Gasteiger partial charge < -0.3 is 5.11 Å². The quantitative estimate of drug-likeness (QED) is 0.807. The Balaban J connectivity index is 1.76. The molecular weight excluding hydrogens is 377 g/mol. The smallest absolute Gasteiger partial charge is 0.161 e. The summed E-state index contributed by atoms with van der Waals surface area (Å²) in [5, 5.41) is 17.6. The molecule has 0 saturated carbocycles. The maximum atomic E-state index is 13.0. The highest BCUT2D eigenvalue weighted by atomic mass is 79.9. The molecule has 1 aliphatic heterocycles. The SMILES string of the molecule is CC(c1ccc(-n2cc(F)cn2)nc1)N(C)N1CC(O)=CC=C1Br. The number of nitrogens with zero attached hydrogens (tertiary/aromatic N) is 5. The Morgan fingerprint density at radius 2 is 2.12 bits per heavy atom. The minimum absolute atomic E-state index is 0.0211. The second-order valence-electron chi connectivity index (χ2n) is 5.51. The fourth-order valence-corrected chi connectivity index (χ4v) is 2.93. The van der Waals surface area contributed by atoms with E-state index in [1.54, 1.807) is 24.4 Å². The van der Waals surface area contributed by atoms with Gasteiger partial charge in [0.1, 0.15) is 5.76 Å². The summed E-state index contributed by atoms with van der Waals surface area (Å²) in [7, 11) is 1.94. The first-order chi connectivity index (χ1) is 11.5. The van der Waals surface area contributed by atoms with Crippen molar-refractivity contribution in [3.05, 3.63) is 64.6 Å². The van der Waals surface area contributed by atoms with Gasteiger partial charge in [-0.1, -0.05) is 6.07 Å². The number of aliphatic hydroxyl groups is 1. The Bertz CT molecular complexity index is 786. The summed E-state index contributed by atoms with van der Waals surface area (Å²) < 4.78 is 15.3. The van der Waals surface area contributed by atoms with Crippen LogP contribution in [0.2, 0.25) is 0 Å². The monoisotopic (exact) mass is 393 g/mol. The van der Waals surface area contributed by atoms with Crippen molar-refractivity contribution in [3.8, 4) is 5.82 Å². The molecule has 3 rings (SSSR count). The van der Waals surface area contributed by atoms with E-state index in [4.69, 9.17) is 0 Å². The predicted molar refractivity (Wildman–Crippen MR) is 91.9 cm³/mol. The number of pyridine rings is 1. The van der Waals surface area contributed by atoms with Gasteiger partial charge in [-0.2, -0.15) is 5.10 Å². The van der Waals surface area contributed by atoms with Gasteiger partial charge >= 0.3 is 0 Å². The van der Waals surface area contributed by atoms with Crippen molar-refractivity contribution in [3.63, 3.8) is 0 Å². The zero-order chi connectivity index (χ0) is 17.3. The van der Waals surface area contributed by atoms with Crippen LogP contribution in [0.5, 0.6) is 0 Å². The molecule has 0 aliphatic carbocycles. The molecule has 0 fully saturated rings. The summed E-state index contributed by atoms with van der Waals surface area (Å²) in [6.07, 6.45) is 7.64. The number of hydrazine groups is 1. The van der Waals surface area contributed by atoms with Crippen LogP contribution in [0.25, 0.3) is 5.82 Å². The van der Waals surface area contributed by atoms with Crippen molar-refractivity contribution in [1.82, 2.24) is 24.8 Å². The summed E-state index contributed by atoms with van der Waals surface area (Å²) in [6.45, 7) is 2.44. The van der Waals surface area contributed by atoms with E-state index in [-0.39, 0.29) is 6.04 Å². The average molecular weight is 394 g/mol. The van der Waals surface area contributed by atoms with E-state index in [1.807, 2.05) is 30.1 Å². The van der Waals surface area contributed by atoms with Gasteiger partial charge in [0.15, 0.2) is 11.6 Å². The molecule has 1 N–H and O–H groups in total. The van der Waals surface area contributed by atoms with Crippen molar-refractivity contribution in [2.24, 2.45) is 0 Å². The number of aromatic nitrogens is 3. The van der Waals surface area contributed by atoms with Crippen LogP contribution in [0.1, 0.15) is 18.5 Å². The number of allylic oxidation sites excluding steroid dienone is 2. The molecule has 1 atom stereocenters. The van der Waals surface area contributed by atoms with E-state index < -0.39 is 5.82 Å². The lowest BCUT2D eigenvalue weighted by molar-refractivity contribution is 0.00780. The van der Waals surface area contributed by atoms with Crippen LogP contribution in [0.15, 0.2) is 53.2 Å². The van der Waals surface area contributed by atoms with Crippen molar-refractivity contribution in [1.29, 1.82) is 0 Å². The number of hydrogen-bond acceptors (Lipinski definition) is 5. The third kappa shape index (κ3) is 3.34. The van der Waals surface area contributed by atoms with Crippen LogP contribution in [0, 0.1) is 5.82 Å². The fourth-order valence-electron chi connectivity index (χ4n) is 2.43. The first kappa shape index (κ1) is 16.7. The lowest BCUT2D eigenvalue weighted by atomic mass is 10.1. The molecule has 0 aromatic carbocycles. The van der Waals surface area contributed by atoms with Crippen LogP contribution >= 0.6 is 15.9 Å². The number of rotatable bonds is 4. The average Bonchev–Trinajstić information content (AvgIpc) is 3.02. The van der Waals surface area contributed by atoms with Crippen LogP contribution < -0.4 is 0 Å². The van der Waals surface area contributed by atoms with Crippen LogP contribution in [0.4, 0.5) is 4.39 Å². The summed E-state index contributed by atoms with van der Waals surface area (Å²) in [6, 6.07) is 3.75. The molecule has 6 nitrogen and oxygen atoms in total. The Hall–Kier alpha value is -2.19. The molecule has 2 aromatic heterocycles. The van der Waals surface area contributed by atoms with Gasteiger partial charge in [-0.15, -0.1) is 0 Å². The topological polar surface area (TPSA) is 57.4 Å². The van der Waals surface area contributed by atoms with Gasteiger partial charge in [0.25, 0.3) is 0 Å². The summed E-state index contributed by atoms with van der Waals surface area (Å²) >= 11 is 3.50. The highest BCUT2D eigenvalue weighted by Gasteiger charge is 2.23. The third-order valence-electron chi connectivity index (χ3n) is 3.95. The van der Waals surface area contributed by atoms with Gasteiger partial charge in [0.2, 0.25) is 0 Å². The summed E-state index contributed by atoms with van der Waals surface area (Å²) in [5.74, 6) is 0.451. The molecule has 0 spiro atoms. The zero-order valence-corrected chi connectivity index (χ0v) is 14.9. The van der Waals surface area contributed by atoms with E-state index >= 15 is 0 Å². The van der Waals surface area contributed by atoms with Crippen molar-refractivity contribution >= 4 is 15.9 Å². The van der Waals surface area contributed by atoms with Gasteiger partial charge in [0, 0.05) is 13.2 Å². The minimum atomic E-state index is -0.399. The second kappa shape index (κ2) is 6.74. The number of hydrogen-bond donors (Lipinski definition) is 1. The number of halogens is 2. The zero-order valence-electron chi connectivity index (χ0n) is 13.3. The predicted octanol–water partition coefficient (Wildman–Crippen LogP) is 3.31. The van der Waals surface area contributed by atoms with Crippen molar-refractivity contribution in [2.45, 2.75) is 13.0 Å². The van der Waals surface area contributed by atoms with Crippen molar-refractivity contribution < 1.29 is 9.50 Å². The molecule has 24 heavy (non-hydrogen) atoms. The highest BCUT2D eigenvalue weighted by molar-refractivity contribution is 9.11. The fraction of sp³-hybridized carbons (Fsp3) is 0.250. The summed E-state index contributed by atoms with van der Waals surface area (Å²) in [5.41, 5.74) is 0.989. The normalized spacial score (nSPS) is 16.1.